The van der Waals surface area contributed by atoms with Crippen molar-refractivity contribution in [3.63, 3.8) is 0 Å². The summed E-state index contributed by atoms with van der Waals surface area (Å²) in [5.41, 5.74) is 2.64. The monoisotopic (exact) mass is 370 g/mol. The second kappa shape index (κ2) is 10.6. The van der Waals surface area contributed by atoms with Crippen LogP contribution >= 0.6 is 0 Å². The third kappa shape index (κ3) is 6.60. The van der Waals surface area contributed by atoms with Gasteiger partial charge in [0.05, 0.1) is 18.3 Å². The Hall–Kier alpha value is -2.54. The maximum Gasteiger partial charge on any atom is 0.225 e. The van der Waals surface area contributed by atoms with E-state index < -0.39 is 0 Å². The molecule has 7 nitrogen and oxygen atoms in total. The lowest BCUT2D eigenvalue weighted by atomic mass is 10.1. The van der Waals surface area contributed by atoms with E-state index in [0.29, 0.717) is 24.2 Å². The van der Waals surface area contributed by atoms with Gasteiger partial charge in [-0.05, 0) is 43.4 Å². The minimum Gasteiger partial charge on any atom is -0.394 e. The summed E-state index contributed by atoms with van der Waals surface area (Å²) in [6, 6.07) is 3.84. The van der Waals surface area contributed by atoms with Crippen molar-refractivity contribution in [3.8, 4) is 0 Å². The maximum absolute atomic E-state index is 9.44. The van der Waals surface area contributed by atoms with Crippen LogP contribution in [0.4, 0.5) is 17.5 Å². The Kier molecular flexibility index (Phi) is 8.13. The van der Waals surface area contributed by atoms with Gasteiger partial charge in [-0.1, -0.05) is 20.8 Å². The fourth-order valence-corrected chi connectivity index (χ4v) is 2.41. The first-order valence-electron chi connectivity index (χ1n) is 9.44. The molecule has 146 valence electrons. The van der Waals surface area contributed by atoms with E-state index in [-0.39, 0.29) is 12.6 Å². The first-order chi connectivity index (χ1) is 13.0. The lowest BCUT2D eigenvalue weighted by molar-refractivity contribution is 0.271. The lowest BCUT2D eigenvalue weighted by Gasteiger charge is -2.17. The predicted molar refractivity (Wildman–Crippen MR) is 111 cm³/mol. The van der Waals surface area contributed by atoms with Gasteiger partial charge in [-0.15, -0.1) is 0 Å². The van der Waals surface area contributed by atoms with Gasteiger partial charge in [0, 0.05) is 25.2 Å². The van der Waals surface area contributed by atoms with Gasteiger partial charge in [-0.25, -0.2) is 4.98 Å². The number of hydrogen-bond acceptors (Lipinski definition) is 7. The van der Waals surface area contributed by atoms with Gasteiger partial charge in [0.2, 0.25) is 5.95 Å². The van der Waals surface area contributed by atoms with Crippen molar-refractivity contribution in [2.45, 2.75) is 53.1 Å². The van der Waals surface area contributed by atoms with E-state index in [0.717, 1.165) is 29.8 Å². The molecule has 0 radical (unpaired) electrons. The van der Waals surface area contributed by atoms with E-state index in [1.165, 1.54) is 0 Å². The van der Waals surface area contributed by atoms with Crippen molar-refractivity contribution in [1.29, 1.82) is 0 Å². The van der Waals surface area contributed by atoms with Crippen LogP contribution in [0.5, 0.6) is 0 Å². The van der Waals surface area contributed by atoms with Gasteiger partial charge < -0.3 is 15.7 Å². The molecule has 0 fully saturated rings. The van der Waals surface area contributed by atoms with E-state index in [9.17, 15) is 5.11 Å². The minimum absolute atomic E-state index is 0.0347. The number of aliphatic hydroxyl groups excluding tert-OH is 1. The number of nitrogens with one attached hydrogen (secondary N) is 2. The first kappa shape index (κ1) is 20.8. The largest absolute Gasteiger partial charge is 0.394 e. The molecule has 0 aromatic carbocycles. The number of pyridine rings is 1. The molecule has 2 aromatic heterocycles. The Morgan fingerprint density at radius 3 is 2.59 bits per heavy atom. The van der Waals surface area contributed by atoms with Gasteiger partial charge in [0.15, 0.2) is 5.82 Å². The van der Waals surface area contributed by atoms with Crippen LogP contribution in [0.15, 0.2) is 29.5 Å². The van der Waals surface area contributed by atoms with Crippen molar-refractivity contribution in [3.05, 3.63) is 35.8 Å². The molecule has 1 unspecified atom stereocenters. The van der Waals surface area contributed by atoms with Crippen molar-refractivity contribution < 1.29 is 5.11 Å². The van der Waals surface area contributed by atoms with Gasteiger partial charge in [-0.2, -0.15) is 4.98 Å². The molecule has 2 heterocycles. The molecule has 0 bridgehead atoms. The van der Waals surface area contributed by atoms with E-state index in [1.807, 2.05) is 32.2 Å². The number of aliphatic hydroxyl groups is 1. The van der Waals surface area contributed by atoms with Crippen LogP contribution in [-0.2, 0) is 6.54 Å². The Morgan fingerprint density at radius 1 is 1.22 bits per heavy atom. The molecule has 2 aromatic rings. The Balaban J connectivity index is 2.28. The average molecular weight is 371 g/mol. The third-order valence-corrected chi connectivity index (χ3v) is 4.11. The van der Waals surface area contributed by atoms with Crippen LogP contribution in [0.25, 0.3) is 0 Å². The highest BCUT2D eigenvalue weighted by molar-refractivity contribution is 5.72. The quantitative estimate of drug-likeness (QED) is 0.552. The topological polar surface area (TPSA) is 95.3 Å². The molecule has 0 aliphatic carbocycles. The molecule has 0 saturated carbocycles. The normalized spacial score (nSPS) is 12.5. The highest BCUT2D eigenvalue weighted by atomic mass is 16.3. The molecule has 27 heavy (non-hydrogen) atoms. The molecule has 1 atom stereocenters. The van der Waals surface area contributed by atoms with Gasteiger partial charge in [0.25, 0.3) is 0 Å². The number of aromatic nitrogens is 3. The number of aliphatic imine (C=N–C) groups is 1. The van der Waals surface area contributed by atoms with Gasteiger partial charge in [0.1, 0.15) is 5.69 Å². The van der Waals surface area contributed by atoms with Crippen LogP contribution in [0.2, 0.25) is 0 Å². The van der Waals surface area contributed by atoms with Crippen molar-refractivity contribution in [2.24, 2.45) is 10.9 Å². The molecule has 7 heteroatoms. The second-order valence-corrected chi connectivity index (χ2v) is 6.91. The highest BCUT2D eigenvalue weighted by Gasteiger charge is 2.13. The fourth-order valence-electron chi connectivity index (χ4n) is 2.41. The summed E-state index contributed by atoms with van der Waals surface area (Å²) in [5.74, 6) is 1.71. The molecule has 0 amide bonds. The first-order valence-corrected chi connectivity index (χ1v) is 9.44. The van der Waals surface area contributed by atoms with Crippen LogP contribution in [0.3, 0.4) is 0 Å². The summed E-state index contributed by atoms with van der Waals surface area (Å²) in [4.78, 5) is 17.8. The zero-order chi connectivity index (χ0) is 19.6. The van der Waals surface area contributed by atoms with Crippen LogP contribution in [0, 0.1) is 12.8 Å². The third-order valence-electron chi connectivity index (χ3n) is 4.11. The van der Waals surface area contributed by atoms with E-state index >= 15 is 0 Å². The summed E-state index contributed by atoms with van der Waals surface area (Å²) in [6.07, 6.45) is 7.14. The van der Waals surface area contributed by atoms with Gasteiger partial charge in [-0.3, -0.25) is 9.98 Å². The summed E-state index contributed by atoms with van der Waals surface area (Å²) in [6.45, 7) is 8.89. The predicted octanol–water partition coefficient (Wildman–Crippen LogP) is 3.72. The Labute approximate surface area is 161 Å². The standard InChI is InChI=1S/C20H30N6O/c1-5-17(13-27)25-20-24-15(4)18(22-11-6-14(2)3)19(26-20)23-12-16-7-9-21-10-8-16/h7-11,14,17,27H,5-6,12-13H2,1-4H3,(H2,23,24,25,26). The smallest absolute Gasteiger partial charge is 0.225 e. The highest BCUT2D eigenvalue weighted by Crippen LogP contribution is 2.28. The number of aryl methyl sites for hydroxylation is 1. The van der Waals surface area contributed by atoms with Crippen molar-refractivity contribution >= 4 is 23.7 Å². The molecule has 2 rings (SSSR count). The van der Waals surface area contributed by atoms with Crippen molar-refractivity contribution in [2.75, 3.05) is 17.2 Å². The SMILES string of the molecule is CCC(CO)Nc1nc(C)c(N=CCC(C)C)c(NCc2ccncc2)n1. The number of anilines is 2. The summed E-state index contributed by atoms with van der Waals surface area (Å²) in [5, 5.41) is 16.0. The van der Waals surface area contributed by atoms with Gasteiger partial charge >= 0.3 is 0 Å². The molecule has 0 aliphatic rings. The Morgan fingerprint density at radius 2 is 1.96 bits per heavy atom. The van der Waals surface area contributed by atoms with Crippen LogP contribution < -0.4 is 10.6 Å². The lowest BCUT2D eigenvalue weighted by Crippen LogP contribution is -2.24. The molecule has 0 spiro atoms. The van der Waals surface area contributed by atoms with Crippen LogP contribution in [0.1, 0.15) is 44.9 Å². The average Bonchev–Trinajstić information content (AvgIpc) is 2.66. The van der Waals surface area contributed by atoms with E-state index in [2.05, 4.69) is 44.4 Å². The van der Waals surface area contributed by atoms with E-state index in [4.69, 9.17) is 0 Å². The molecular formula is C20H30N6O. The fraction of sp³-hybridized carbons (Fsp3) is 0.500. The maximum atomic E-state index is 9.44. The zero-order valence-electron chi connectivity index (χ0n) is 16.6. The zero-order valence-corrected chi connectivity index (χ0v) is 16.6. The molecule has 3 N–H and O–H groups in total. The Bertz CT molecular complexity index is 729. The molecular weight excluding hydrogens is 340 g/mol. The van der Waals surface area contributed by atoms with Crippen molar-refractivity contribution in [1.82, 2.24) is 15.0 Å². The molecule has 0 aliphatic heterocycles. The summed E-state index contributed by atoms with van der Waals surface area (Å²) in [7, 11) is 0. The number of nitrogens with zero attached hydrogens (tertiary/aromatic N) is 4. The number of rotatable bonds is 10. The summed E-state index contributed by atoms with van der Waals surface area (Å²) < 4.78 is 0. The minimum atomic E-state index is -0.0762. The second-order valence-electron chi connectivity index (χ2n) is 6.91. The summed E-state index contributed by atoms with van der Waals surface area (Å²) >= 11 is 0. The molecule has 0 saturated heterocycles. The number of hydrogen-bond donors (Lipinski definition) is 3. The van der Waals surface area contributed by atoms with Crippen LogP contribution in [-0.4, -0.2) is 38.9 Å². The van der Waals surface area contributed by atoms with E-state index in [1.54, 1.807) is 12.4 Å².